The van der Waals surface area contributed by atoms with Crippen molar-refractivity contribution >= 4 is 66.9 Å². The fraction of sp³-hybridized carbons (Fsp3) is 0.0159. The number of furan rings is 1. The van der Waals surface area contributed by atoms with Gasteiger partial charge in [0.2, 0.25) is 0 Å². The van der Waals surface area contributed by atoms with Crippen LogP contribution in [0.2, 0.25) is 0 Å². The maximum atomic E-state index is 5.88. The van der Waals surface area contributed by atoms with Gasteiger partial charge in [-0.15, -0.1) is 0 Å². The fourth-order valence-corrected chi connectivity index (χ4v) is 11.4. The van der Waals surface area contributed by atoms with Crippen LogP contribution in [0, 0.1) is 0 Å². The van der Waals surface area contributed by atoms with Gasteiger partial charge in [0, 0.05) is 44.6 Å². The molecule has 12 aromatic rings. The van der Waals surface area contributed by atoms with E-state index in [1.165, 1.54) is 66.4 Å². The maximum Gasteiger partial charge on any atom is 0.133 e. The Labute approximate surface area is 388 Å². The molecular formula is C63H41N3O. The minimum Gasteiger partial charge on any atom is -0.464 e. The van der Waals surface area contributed by atoms with Crippen LogP contribution in [0.1, 0.15) is 22.3 Å². The molecule has 3 heterocycles. The predicted octanol–water partition coefficient (Wildman–Crippen LogP) is 16.8. The summed E-state index contributed by atoms with van der Waals surface area (Å²) in [6, 6.07) is 88.9. The zero-order chi connectivity index (χ0) is 44.1. The molecule has 10 aromatic carbocycles. The van der Waals surface area contributed by atoms with Gasteiger partial charge in [-0.3, -0.25) is 0 Å². The van der Waals surface area contributed by atoms with E-state index in [-0.39, 0.29) is 0 Å². The molecule has 0 atom stereocenters. The monoisotopic (exact) mass is 855 g/mol. The highest BCUT2D eigenvalue weighted by molar-refractivity contribution is 6.10. The number of nitrogens with zero attached hydrogens (tertiary/aromatic N) is 3. The number of rotatable bonds is 6. The highest BCUT2D eigenvalue weighted by Crippen LogP contribution is 2.64. The second-order valence-corrected chi connectivity index (χ2v) is 17.7. The van der Waals surface area contributed by atoms with E-state index < -0.39 is 5.41 Å². The SMILES string of the molecule is c1ccc(N2c3ccccc3C3(c4ccccc4-c4ccccc43)c3cc(N(c4ccc(-c5ccc6c7ccccc7n(-c7ccccc7)c6c5)cc4)c4ccc5occc5c4)ccc32)cc1. The largest absolute Gasteiger partial charge is 0.464 e. The third-order valence-corrected chi connectivity index (χ3v) is 14.2. The summed E-state index contributed by atoms with van der Waals surface area (Å²) in [7, 11) is 0. The number of fused-ring (bicyclic) bond motifs is 13. The molecule has 0 saturated carbocycles. The van der Waals surface area contributed by atoms with Crippen molar-refractivity contribution < 1.29 is 4.42 Å². The summed E-state index contributed by atoms with van der Waals surface area (Å²) in [5.41, 5.74) is 20.4. The van der Waals surface area contributed by atoms with Crippen LogP contribution in [-0.4, -0.2) is 4.57 Å². The Morgan fingerprint density at radius 3 is 1.73 bits per heavy atom. The number of benzene rings is 10. The number of anilines is 6. The molecule has 2 aromatic heterocycles. The molecule has 0 bridgehead atoms. The molecule has 0 saturated heterocycles. The zero-order valence-corrected chi connectivity index (χ0v) is 36.4. The molecule has 67 heavy (non-hydrogen) atoms. The summed E-state index contributed by atoms with van der Waals surface area (Å²) in [6.07, 6.45) is 1.77. The van der Waals surface area contributed by atoms with Crippen LogP contribution in [0.15, 0.2) is 253 Å². The number of aromatic nitrogens is 1. The molecule has 4 nitrogen and oxygen atoms in total. The van der Waals surface area contributed by atoms with E-state index >= 15 is 0 Å². The van der Waals surface area contributed by atoms with E-state index in [0.29, 0.717) is 0 Å². The summed E-state index contributed by atoms with van der Waals surface area (Å²) < 4.78 is 8.27. The standard InChI is InChI=1S/C63H41N3O/c1-3-15-45(16-4-1)65-58-25-13-9-21-52(58)53-34-29-43(40-61(53)65)42-27-30-47(31-28-42)64(48-33-36-62-44(39-48)37-38-67-62)49-32-35-60-57(41-49)63(54-22-10-7-19-50(54)51-20-8-11-23-55(51)63)56-24-12-14-26-59(56)66(60)46-17-5-2-6-18-46/h1-41H. The molecule has 14 rings (SSSR count). The Morgan fingerprint density at radius 1 is 0.373 bits per heavy atom. The lowest BCUT2D eigenvalue weighted by molar-refractivity contribution is 0.616. The van der Waals surface area contributed by atoms with Crippen molar-refractivity contribution in [3.05, 3.63) is 271 Å². The molecule has 0 N–H and O–H groups in total. The van der Waals surface area contributed by atoms with Gasteiger partial charge in [-0.05, 0) is 142 Å². The summed E-state index contributed by atoms with van der Waals surface area (Å²) in [5.74, 6) is 0. The van der Waals surface area contributed by atoms with Crippen LogP contribution < -0.4 is 9.80 Å². The molecule has 1 spiro atoms. The second-order valence-electron chi connectivity index (χ2n) is 17.7. The minimum absolute atomic E-state index is 0.578. The van der Waals surface area contributed by atoms with Crippen molar-refractivity contribution in [2.75, 3.05) is 9.80 Å². The Bertz CT molecular complexity index is 3840. The first kappa shape index (κ1) is 37.5. The van der Waals surface area contributed by atoms with Gasteiger partial charge in [-0.25, -0.2) is 0 Å². The van der Waals surface area contributed by atoms with Crippen LogP contribution in [0.4, 0.5) is 34.1 Å². The topological polar surface area (TPSA) is 24.6 Å². The lowest BCUT2D eigenvalue weighted by Crippen LogP contribution is -2.36. The Balaban J connectivity index is 0.976. The lowest BCUT2D eigenvalue weighted by Gasteiger charge is -2.45. The third-order valence-electron chi connectivity index (χ3n) is 14.2. The summed E-state index contributed by atoms with van der Waals surface area (Å²) in [5, 5.41) is 3.55. The molecule has 0 radical (unpaired) electrons. The smallest absolute Gasteiger partial charge is 0.133 e. The van der Waals surface area contributed by atoms with E-state index in [1.807, 2.05) is 6.07 Å². The maximum absolute atomic E-state index is 5.88. The van der Waals surface area contributed by atoms with Gasteiger partial charge < -0.3 is 18.8 Å². The summed E-state index contributed by atoms with van der Waals surface area (Å²) in [6.45, 7) is 0. The number of para-hydroxylation sites is 4. The minimum atomic E-state index is -0.578. The summed E-state index contributed by atoms with van der Waals surface area (Å²) in [4.78, 5) is 4.86. The van der Waals surface area contributed by atoms with E-state index in [1.54, 1.807) is 6.26 Å². The van der Waals surface area contributed by atoms with Gasteiger partial charge in [0.15, 0.2) is 0 Å². The first-order valence-electron chi connectivity index (χ1n) is 23.0. The van der Waals surface area contributed by atoms with Gasteiger partial charge in [-0.1, -0.05) is 146 Å². The van der Waals surface area contributed by atoms with Crippen molar-refractivity contribution in [3.8, 4) is 27.9 Å². The van der Waals surface area contributed by atoms with Crippen molar-refractivity contribution in [3.63, 3.8) is 0 Å². The van der Waals surface area contributed by atoms with Gasteiger partial charge in [0.05, 0.1) is 34.1 Å². The molecular weight excluding hydrogens is 815 g/mol. The van der Waals surface area contributed by atoms with Crippen molar-refractivity contribution in [2.24, 2.45) is 0 Å². The molecule has 0 amide bonds. The second kappa shape index (κ2) is 14.6. The van der Waals surface area contributed by atoms with Crippen molar-refractivity contribution in [2.45, 2.75) is 5.41 Å². The van der Waals surface area contributed by atoms with Crippen LogP contribution in [0.5, 0.6) is 0 Å². The van der Waals surface area contributed by atoms with Gasteiger partial charge >= 0.3 is 0 Å². The molecule has 4 heteroatoms. The predicted molar refractivity (Wildman–Crippen MR) is 276 cm³/mol. The molecule has 1 aliphatic carbocycles. The third kappa shape index (κ3) is 5.47. The summed E-state index contributed by atoms with van der Waals surface area (Å²) >= 11 is 0. The lowest BCUT2D eigenvalue weighted by atomic mass is 9.64. The first-order chi connectivity index (χ1) is 33.2. The first-order valence-corrected chi connectivity index (χ1v) is 23.0. The normalized spacial score (nSPS) is 13.2. The van der Waals surface area contributed by atoms with Crippen LogP contribution >= 0.6 is 0 Å². The van der Waals surface area contributed by atoms with E-state index in [0.717, 1.165) is 50.7 Å². The average Bonchev–Trinajstić information content (AvgIpc) is 4.09. The Morgan fingerprint density at radius 2 is 0.955 bits per heavy atom. The highest BCUT2D eigenvalue weighted by Gasteiger charge is 2.51. The van der Waals surface area contributed by atoms with E-state index in [4.69, 9.17) is 4.42 Å². The van der Waals surface area contributed by atoms with Gasteiger partial charge in [0.1, 0.15) is 5.58 Å². The van der Waals surface area contributed by atoms with Crippen molar-refractivity contribution in [1.29, 1.82) is 0 Å². The molecule has 0 fully saturated rings. The van der Waals surface area contributed by atoms with Gasteiger partial charge in [0.25, 0.3) is 0 Å². The molecule has 1 aliphatic heterocycles. The van der Waals surface area contributed by atoms with Crippen LogP contribution in [0.3, 0.4) is 0 Å². The Kier molecular flexibility index (Phi) is 8.16. The quantitative estimate of drug-likeness (QED) is 0.167. The van der Waals surface area contributed by atoms with Crippen molar-refractivity contribution in [1.82, 2.24) is 4.57 Å². The number of hydrogen-bond acceptors (Lipinski definition) is 3. The zero-order valence-electron chi connectivity index (χ0n) is 36.4. The van der Waals surface area contributed by atoms with E-state index in [9.17, 15) is 0 Å². The fourth-order valence-electron chi connectivity index (χ4n) is 11.4. The highest BCUT2D eigenvalue weighted by atomic mass is 16.3. The molecule has 0 unspecified atom stereocenters. The van der Waals surface area contributed by atoms with Crippen LogP contribution in [-0.2, 0) is 5.41 Å². The van der Waals surface area contributed by atoms with E-state index in [2.05, 4.69) is 251 Å². The van der Waals surface area contributed by atoms with Crippen LogP contribution in [0.25, 0.3) is 60.7 Å². The molecule has 314 valence electrons. The average molecular weight is 856 g/mol. The number of hydrogen-bond donors (Lipinski definition) is 0. The molecule has 2 aliphatic rings. The van der Waals surface area contributed by atoms with Gasteiger partial charge in [-0.2, -0.15) is 0 Å². The Hall–Kier alpha value is -8.86.